The average molecular weight is 447 g/mol. The zero-order chi connectivity index (χ0) is 21.8. The fraction of sp³-hybridized carbons (Fsp3) is 0.435. The highest BCUT2D eigenvalue weighted by Crippen LogP contribution is 2.52. The van der Waals surface area contributed by atoms with Crippen LogP contribution >= 0.6 is 0 Å². The predicted molar refractivity (Wildman–Crippen MR) is 113 cm³/mol. The van der Waals surface area contributed by atoms with Crippen LogP contribution in [0.2, 0.25) is 0 Å². The Morgan fingerprint density at radius 2 is 1.74 bits per heavy atom. The fourth-order valence-electron chi connectivity index (χ4n) is 4.48. The van der Waals surface area contributed by atoms with Crippen molar-refractivity contribution >= 4 is 15.9 Å². The number of hydrogen-bond donors (Lipinski definition) is 1. The van der Waals surface area contributed by atoms with Gasteiger partial charge in [0, 0.05) is 25.0 Å². The minimum atomic E-state index is -3.27. The van der Waals surface area contributed by atoms with Crippen LogP contribution in [0.5, 0.6) is 0 Å². The van der Waals surface area contributed by atoms with Gasteiger partial charge in [0.2, 0.25) is 15.9 Å². The molecule has 5 rings (SSSR count). The molecule has 0 aromatic heterocycles. The summed E-state index contributed by atoms with van der Waals surface area (Å²) in [5, 5.41) is -0.278. The second-order valence-electron chi connectivity index (χ2n) is 8.70. The third-order valence-electron chi connectivity index (χ3n) is 6.61. The molecular weight excluding hydrogens is 422 g/mol. The van der Waals surface area contributed by atoms with Crippen LogP contribution in [0.15, 0.2) is 42.5 Å². The number of nitrogens with one attached hydrogen (secondary N) is 1. The molecule has 2 saturated carbocycles. The molecule has 164 valence electrons. The molecule has 2 aromatic rings. The SMILES string of the molecule is O=C(C1CC1c1ccccc1-c1c(F)cccc1F)N1CCC1CNS(=O)(=O)C1CC1. The number of rotatable bonds is 7. The van der Waals surface area contributed by atoms with Crippen LogP contribution in [-0.4, -0.2) is 43.6 Å². The van der Waals surface area contributed by atoms with E-state index >= 15 is 0 Å². The Balaban J connectivity index is 1.29. The van der Waals surface area contributed by atoms with E-state index in [2.05, 4.69) is 4.72 Å². The lowest BCUT2D eigenvalue weighted by Gasteiger charge is -2.41. The van der Waals surface area contributed by atoms with Crippen molar-refractivity contribution in [2.24, 2.45) is 5.92 Å². The largest absolute Gasteiger partial charge is 0.338 e. The molecule has 0 spiro atoms. The van der Waals surface area contributed by atoms with Crippen LogP contribution in [0.3, 0.4) is 0 Å². The molecule has 1 saturated heterocycles. The van der Waals surface area contributed by atoms with Gasteiger partial charge in [-0.05, 0) is 54.9 Å². The molecule has 1 N–H and O–H groups in total. The fourth-order valence-corrected chi connectivity index (χ4v) is 5.90. The zero-order valence-corrected chi connectivity index (χ0v) is 17.7. The van der Waals surface area contributed by atoms with E-state index in [1.165, 1.54) is 18.2 Å². The number of hydrogen-bond acceptors (Lipinski definition) is 3. The normalized spacial score (nSPS) is 25.2. The maximum absolute atomic E-state index is 14.4. The standard InChI is InChI=1S/C23H24F2N2O3S/c24-20-6-3-7-21(25)22(20)17-5-2-1-4-16(17)18-12-19(18)23(28)27-11-10-14(27)13-26-31(29,30)15-8-9-15/h1-7,14-15,18-19,26H,8-13H2. The number of halogens is 2. The topological polar surface area (TPSA) is 66.5 Å². The third-order valence-corrected chi connectivity index (χ3v) is 8.53. The van der Waals surface area contributed by atoms with Gasteiger partial charge in [-0.2, -0.15) is 0 Å². The summed E-state index contributed by atoms with van der Waals surface area (Å²) in [7, 11) is -3.27. The van der Waals surface area contributed by atoms with Gasteiger partial charge >= 0.3 is 0 Å². The molecule has 2 aromatic carbocycles. The van der Waals surface area contributed by atoms with Crippen molar-refractivity contribution in [3.8, 4) is 11.1 Å². The van der Waals surface area contributed by atoms with Crippen molar-refractivity contribution < 1.29 is 22.0 Å². The first kappa shape index (κ1) is 20.6. The molecule has 1 amide bonds. The van der Waals surface area contributed by atoms with E-state index in [1.54, 1.807) is 17.0 Å². The Bertz CT molecular complexity index is 1110. The molecule has 0 bridgehead atoms. The monoisotopic (exact) mass is 446 g/mol. The number of carbonyl (C=O) groups is 1. The molecule has 2 aliphatic carbocycles. The average Bonchev–Trinajstić information content (AvgIpc) is 3.61. The van der Waals surface area contributed by atoms with Gasteiger partial charge in [0.25, 0.3) is 0 Å². The highest BCUT2D eigenvalue weighted by atomic mass is 32.2. The van der Waals surface area contributed by atoms with E-state index in [9.17, 15) is 22.0 Å². The summed E-state index contributed by atoms with van der Waals surface area (Å²) >= 11 is 0. The van der Waals surface area contributed by atoms with E-state index in [0.717, 1.165) is 12.0 Å². The van der Waals surface area contributed by atoms with Crippen molar-refractivity contribution in [3.63, 3.8) is 0 Å². The number of likely N-dealkylation sites (tertiary alicyclic amines) is 1. The van der Waals surface area contributed by atoms with Gasteiger partial charge in [-0.15, -0.1) is 0 Å². The highest BCUT2D eigenvalue weighted by Gasteiger charge is 2.49. The van der Waals surface area contributed by atoms with Gasteiger partial charge < -0.3 is 4.90 Å². The van der Waals surface area contributed by atoms with Crippen LogP contribution in [0.1, 0.15) is 37.2 Å². The molecule has 1 aliphatic heterocycles. The van der Waals surface area contributed by atoms with Crippen LogP contribution < -0.4 is 4.72 Å². The molecule has 3 fully saturated rings. The first-order valence-corrected chi connectivity index (χ1v) is 12.2. The summed E-state index contributed by atoms with van der Waals surface area (Å²) in [4.78, 5) is 14.8. The second kappa shape index (κ2) is 7.67. The Morgan fingerprint density at radius 3 is 2.39 bits per heavy atom. The lowest BCUT2D eigenvalue weighted by Crippen LogP contribution is -2.56. The van der Waals surface area contributed by atoms with Gasteiger partial charge in [0.15, 0.2) is 0 Å². The Kier molecular flexibility index (Phi) is 5.09. The summed E-state index contributed by atoms with van der Waals surface area (Å²) in [5.41, 5.74) is 1.19. The second-order valence-corrected chi connectivity index (χ2v) is 10.7. The van der Waals surface area contributed by atoms with Crippen molar-refractivity contribution in [3.05, 3.63) is 59.7 Å². The predicted octanol–water partition coefficient (Wildman–Crippen LogP) is 3.42. The van der Waals surface area contributed by atoms with Crippen molar-refractivity contribution in [1.82, 2.24) is 9.62 Å². The molecule has 1 heterocycles. The Hall–Kier alpha value is -2.32. The minimum absolute atomic E-state index is 0.00400. The van der Waals surface area contributed by atoms with Crippen molar-refractivity contribution in [2.45, 2.75) is 42.9 Å². The summed E-state index contributed by atoms with van der Waals surface area (Å²) in [6.45, 7) is 0.862. The first-order valence-electron chi connectivity index (χ1n) is 10.7. The van der Waals surface area contributed by atoms with Crippen LogP contribution in [-0.2, 0) is 14.8 Å². The van der Waals surface area contributed by atoms with Crippen LogP contribution in [0.25, 0.3) is 11.1 Å². The van der Waals surface area contributed by atoms with Gasteiger partial charge in [0.1, 0.15) is 11.6 Å². The molecular formula is C23H24F2N2O3S. The summed E-state index contributed by atoms with van der Waals surface area (Å²) in [6, 6.07) is 10.8. The Morgan fingerprint density at radius 1 is 1.03 bits per heavy atom. The maximum atomic E-state index is 14.4. The number of sulfonamides is 1. The molecule has 3 atom stereocenters. The van der Waals surface area contributed by atoms with E-state index in [4.69, 9.17) is 0 Å². The number of amides is 1. The van der Waals surface area contributed by atoms with E-state index in [0.29, 0.717) is 31.4 Å². The third kappa shape index (κ3) is 3.87. The quantitative estimate of drug-likeness (QED) is 0.709. The first-order chi connectivity index (χ1) is 14.9. The minimum Gasteiger partial charge on any atom is -0.338 e. The molecule has 31 heavy (non-hydrogen) atoms. The molecule has 8 heteroatoms. The van der Waals surface area contributed by atoms with Gasteiger partial charge in [0.05, 0.1) is 10.8 Å². The van der Waals surface area contributed by atoms with Gasteiger partial charge in [-0.3, -0.25) is 4.79 Å². The van der Waals surface area contributed by atoms with E-state index < -0.39 is 21.7 Å². The van der Waals surface area contributed by atoms with E-state index in [1.807, 2.05) is 12.1 Å². The van der Waals surface area contributed by atoms with Gasteiger partial charge in [-0.25, -0.2) is 21.9 Å². The zero-order valence-electron chi connectivity index (χ0n) is 16.9. The molecule has 0 radical (unpaired) electrons. The Labute approximate surface area is 180 Å². The number of nitrogens with zero attached hydrogens (tertiary/aromatic N) is 1. The lowest BCUT2D eigenvalue weighted by atomic mass is 9.94. The molecule has 5 nitrogen and oxygen atoms in total. The highest BCUT2D eigenvalue weighted by molar-refractivity contribution is 7.90. The van der Waals surface area contributed by atoms with E-state index in [-0.39, 0.29) is 41.1 Å². The van der Waals surface area contributed by atoms with Gasteiger partial charge in [-0.1, -0.05) is 30.3 Å². The van der Waals surface area contributed by atoms with Crippen LogP contribution in [0, 0.1) is 17.6 Å². The number of carbonyl (C=O) groups excluding carboxylic acids is 1. The summed E-state index contributed by atoms with van der Waals surface area (Å²) < 4.78 is 55.5. The van der Waals surface area contributed by atoms with Crippen molar-refractivity contribution in [1.29, 1.82) is 0 Å². The van der Waals surface area contributed by atoms with Crippen molar-refractivity contribution in [2.75, 3.05) is 13.1 Å². The van der Waals surface area contributed by atoms with Crippen LogP contribution in [0.4, 0.5) is 8.78 Å². The lowest BCUT2D eigenvalue weighted by molar-refractivity contribution is -0.140. The summed E-state index contributed by atoms with van der Waals surface area (Å²) in [6.07, 6.45) is 2.80. The smallest absolute Gasteiger partial charge is 0.226 e. The maximum Gasteiger partial charge on any atom is 0.226 e. The molecule has 3 aliphatic rings. The summed E-state index contributed by atoms with van der Waals surface area (Å²) in [5.74, 6) is -1.58. The number of benzene rings is 2. The molecule has 3 unspecified atom stereocenters.